The van der Waals surface area contributed by atoms with Gasteiger partial charge in [0.1, 0.15) is 23.1 Å². The number of carboxylic acid groups (broad SMARTS) is 1. The number of amides is 1. The van der Waals surface area contributed by atoms with Crippen LogP contribution in [0.5, 0.6) is 11.5 Å². The smallest absolute Gasteiger partial charge is 0.340 e. The molecule has 4 N–H and O–H groups in total. The van der Waals surface area contributed by atoms with E-state index >= 15 is 0 Å². The predicted molar refractivity (Wildman–Crippen MR) is 155 cm³/mol. The summed E-state index contributed by atoms with van der Waals surface area (Å²) in [6.07, 6.45) is 0.901. The molecule has 2 aromatic heterocycles. The Hall–Kier alpha value is -4.76. The summed E-state index contributed by atoms with van der Waals surface area (Å²) in [5.74, 6) is -1.75. The summed E-state index contributed by atoms with van der Waals surface area (Å²) in [5, 5.41) is 23.6. The summed E-state index contributed by atoms with van der Waals surface area (Å²) in [4.78, 5) is 40.8. The lowest BCUT2D eigenvalue weighted by atomic mass is 9.99. The number of phenols is 1. The third kappa shape index (κ3) is 5.90. The van der Waals surface area contributed by atoms with E-state index in [-0.39, 0.29) is 28.5 Å². The van der Waals surface area contributed by atoms with Crippen LogP contribution in [0.2, 0.25) is 5.02 Å². The molecule has 0 aliphatic heterocycles. The highest BCUT2D eigenvalue weighted by molar-refractivity contribution is 6.32. The minimum atomic E-state index is -1.26. The van der Waals surface area contributed by atoms with E-state index in [0.717, 1.165) is 16.6 Å². The van der Waals surface area contributed by atoms with Crippen molar-refractivity contribution in [3.8, 4) is 11.5 Å². The van der Waals surface area contributed by atoms with Crippen LogP contribution in [-0.4, -0.2) is 39.2 Å². The van der Waals surface area contributed by atoms with Crippen LogP contribution in [0.4, 0.5) is 0 Å². The van der Waals surface area contributed by atoms with E-state index < -0.39 is 29.6 Å². The first-order chi connectivity index (χ1) is 19.6. The summed E-state index contributed by atoms with van der Waals surface area (Å²) in [6.45, 7) is 3.29. The number of rotatable bonds is 9. The van der Waals surface area contributed by atoms with Crippen molar-refractivity contribution < 1.29 is 29.0 Å². The molecule has 0 bridgehead atoms. The number of halogens is 1. The number of hydrogen-bond donors (Lipinski definition) is 4. The van der Waals surface area contributed by atoms with Gasteiger partial charge in [0.2, 0.25) is 0 Å². The molecule has 0 radical (unpaired) electrons. The maximum atomic E-state index is 12.9. The van der Waals surface area contributed by atoms with Crippen molar-refractivity contribution in [1.29, 1.82) is 0 Å². The normalized spacial score (nSPS) is 12.8. The molecule has 10 heteroatoms. The fourth-order valence-corrected chi connectivity index (χ4v) is 4.98. The molecule has 0 saturated carbocycles. The lowest BCUT2D eigenvalue weighted by Crippen LogP contribution is -2.47. The van der Waals surface area contributed by atoms with Gasteiger partial charge in [0.25, 0.3) is 5.91 Å². The van der Waals surface area contributed by atoms with Gasteiger partial charge in [0.05, 0.1) is 5.02 Å². The molecule has 5 rings (SSSR count). The number of aliphatic carboxylic acids is 1. The molecular formula is C31H27ClN2O7. The molecular weight excluding hydrogens is 548 g/mol. The first-order valence-corrected chi connectivity index (χ1v) is 13.3. The predicted octanol–water partition coefficient (Wildman–Crippen LogP) is 5.11. The van der Waals surface area contributed by atoms with Gasteiger partial charge in [-0.05, 0) is 54.8 Å². The number of fused-ring (bicyclic) bond motifs is 2. The van der Waals surface area contributed by atoms with E-state index in [1.807, 2.05) is 37.3 Å². The summed E-state index contributed by atoms with van der Waals surface area (Å²) < 4.78 is 11.4. The SMILES string of the molecule is Cc1c(Cc2ccccc2)c(=O)oc2cc(O[C@@H](C)C(=O)N[C@H](Cc3c[nH]c4ccc(O)cc34)C(=O)O)c(Cl)cc12. The molecule has 0 spiro atoms. The van der Waals surface area contributed by atoms with Crippen molar-refractivity contribution in [3.63, 3.8) is 0 Å². The van der Waals surface area contributed by atoms with Crippen LogP contribution in [0.1, 0.15) is 29.2 Å². The van der Waals surface area contributed by atoms with Crippen LogP contribution in [0, 0.1) is 6.92 Å². The van der Waals surface area contributed by atoms with E-state index in [1.165, 1.54) is 25.1 Å². The molecule has 0 unspecified atom stereocenters. The number of benzene rings is 3. The van der Waals surface area contributed by atoms with Crippen molar-refractivity contribution in [2.24, 2.45) is 0 Å². The monoisotopic (exact) mass is 574 g/mol. The fraction of sp³-hybridized carbons (Fsp3) is 0.194. The minimum Gasteiger partial charge on any atom is -0.508 e. The van der Waals surface area contributed by atoms with Crippen LogP contribution < -0.4 is 15.7 Å². The van der Waals surface area contributed by atoms with Crippen molar-refractivity contribution in [2.45, 2.75) is 38.8 Å². The lowest BCUT2D eigenvalue weighted by Gasteiger charge is -2.20. The van der Waals surface area contributed by atoms with Gasteiger partial charge in [0.15, 0.2) is 6.10 Å². The van der Waals surface area contributed by atoms with Crippen LogP contribution in [0.25, 0.3) is 21.9 Å². The summed E-state index contributed by atoms with van der Waals surface area (Å²) >= 11 is 6.50. The highest BCUT2D eigenvalue weighted by atomic mass is 35.5. The summed E-state index contributed by atoms with van der Waals surface area (Å²) in [7, 11) is 0. The largest absolute Gasteiger partial charge is 0.508 e. The van der Waals surface area contributed by atoms with Gasteiger partial charge < -0.3 is 29.7 Å². The zero-order chi connectivity index (χ0) is 29.3. The molecule has 1 amide bonds. The first kappa shape index (κ1) is 27.8. The molecule has 5 aromatic rings. The van der Waals surface area contributed by atoms with E-state index in [2.05, 4.69) is 10.3 Å². The number of H-pyrrole nitrogens is 1. The highest BCUT2D eigenvalue weighted by Gasteiger charge is 2.26. The lowest BCUT2D eigenvalue weighted by molar-refractivity contribution is -0.142. The number of carbonyl (C=O) groups is 2. The number of aromatic hydroxyl groups is 1. The number of aromatic amines is 1. The number of aromatic nitrogens is 1. The van der Waals surface area contributed by atoms with Gasteiger partial charge in [-0.15, -0.1) is 0 Å². The maximum absolute atomic E-state index is 12.9. The Kier molecular flexibility index (Phi) is 7.72. The summed E-state index contributed by atoms with van der Waals surface area (Å²) in [5.41, 5.74) is 3.34. The second-order valence-electron chi connectivity index (χ2n) is 9.84. The molecule has 0 fully saturated rings. The third-order valence-corrected chi connectivity index (χ3v) is 7.32. The molecule has 210 valence electrons. The highest BCUT2D eigenvalue weighted by Crippen LogP contribution is 2.33. The van der Waals surface area contributed by atoms with Crippen LogP contribution in [0.15, 0.2) is 76.1 Å². The number of phenolic OH excluding ortho intramolecular Hbond substituents is 1. The Morgan fingerprint density at radius 1 is 1.10 bits per heavy atom. The molecule has 9 nitrogen and oxygen atoms in total. The Labute approximate surface area is 239 Å². The second-order valence-corrected chi connectivity index (χ2v) is 10.2. The van der Waals surface area contributed by atoms with Crippen LogP contribution >= 0.6 is 11.6 Å². The minimum absolute atomic E-state index is 0.0241. The molecule has 41 heavy (non-hydrogen) atoms. The Bertz CT molecular complexity index is 1830. The number of aryl methyl sites for hydroxylation is 1. The van der Waals surface area contributed by atoms with E-state index in [4.69, 9.17) is 20.8 Å². The molecule has 0 saturated heterocycles. The van der Waals surface area contributed by atoms with Gasteiger partial charge in [-0.1, -0.05) is 41.9 Å². The van der Waals surface area contributed by atoms with Crippen LogP contribution in [0.3, 0.4) is 0 Å². The van der Waals surface area contributed by atoms with Gasteiger partial charge in [0, 0.05) is 47.0 Å². The van der Waals surface area contributed by atoms with E-state index in [1.54, 1.807) is 18.3 Å². The zero-order valence-electron chi connectivity index (χ0n) is 22.2. The standard InChI is InChI=1S/C31H27ClN2O7/c1-16-21-13-24(32)28(14-27(21)41-31(39)22(16)10-18-6-4-3-5-7-18)40-17(2)29(36)34-26(30(37)38)11-19-15-33-25-9-8-20(35)12-23(19)25/h3-9,12-15,17,26,33,35H,10-11H2,1-2H3,(H,34,36)(H,37,38)/t17-,26+/m0/s1. The van der Waals surface area contributed by atoms with Crippen molar-refractivity contribution in [3.05, 3.63) is 105 Å². The first-order valence-electron chi connectivity index (χ1n) is 12.9. The van der Waals surface area contributed by atoms with Crippen molar-refractivity contribution >= 4 is 45.3 Å². The number of carbonyl (C=O) groups excluding carboxylic acids is 1. The average Bonchev–Trinajstić information content (AvgIpc) is 3.33. The van der Waals surface area contributed by atoms with E-state index in [9.17, 15) is 24.6 Å². The summed E-state index contributed by atoms with van der Waals surface area (Å²) in [6, 6.07) is 16.1. The van der Waals surface area contributed by atoms with Crippen molar-refractivity contribution in [2.75, 3.05) is 0 Å². The fourth-order valence-electron chi connectivity index (χ4n) is 4.77. The van der Waals surface area contributed by atoms with Crippen LogP contribution in [-0.2, 0) is 22.4 Å². The number of carboxylic acids is 1. The van der Waals surface area contributed by atoms with Gasteiger partial charge >= 0.3 is 11.6 Å². The Morgan fingerprint density at radius 3 is 2.59 bits per heavy atom. The molecule has 2 heterocycles. The van der Waals surface area contributed by atoms with Gasteiger partial charge in [-0.2, -0.15) is 0 Å². The van der Waals surface area contributed by atoms with Gasteiger partial charge in [-0.25, -0.2) is 9.59 Å². The topological polar surface area (TPSA) is 142 Å². The molecule has 0 aliphatic carbocycles. The number of nitrogens with one attached hydrogen (secondary N) is 2. The second kappa shape index (κ2) is 11.4. The number of hydrogen-bond acceptors (Lipinski definition) is 6. The zero-order valence-corrected chi connectivity index (χ0v) is 23.0. The molecule has 2 atom stereocenters. The van der Waals surface area contributed by atoms with Crippen molar-refractivity contribution in [1.82, 2.24) is 10.3 Å². The quantitative estimate of drug-likeness (QED) is 0.179. The van der Waals surface area contributed by atoms with Gasteiger partial charge in [-0.3, -0.25) is 4.79 Å². The Morgan fingerprint density at radius 2 is 1.85 bits per heavy atom. The maximum Gasteiger partial charge on any atom is 0.340 e. The molecule has 3 aromatic carbocycles. The molecule has 0 aliphatic rings. The average molecular weight is 575 g/mol. The third-order valence-electron chi connectivity index (χ3n) is 7.03. The Balaban J connectivity index is 1.33. The van der Waals surface area contributed by atoms with E-state index in [0.29, 0.717) is 28.3 Å². The number of ether oxygens (including phenoxy) is 1.